The Hall–Kier alpha value is -0.590. The van der Waals surface area contributed by atoms with Crippen molar-refractivity contribution in [2.24, 2.45) is 0 Å². The Kier molecular flexibility index (Phi) is 5.24. The number of rotatable bonds is 4. The number of benzene rings is 1. The van der Waals surface area contributed by atoms with Crippen LogP contribution in [0.25, 0.3) is 0 Å². The minimum Gasteiger partial charge on any atom is -0.492 e. The Morgan fingerprint density at radius 1 is 1.26 bits per heavy atom. The molecule has 4 nitrogen and oxygen atoms in total. The van der Waals surface area contributed by atoms with E-state index in [9.17, 15) is 8.42 Å². The first-order chi connectivity index (χ1) is 9.05. The van der Waals surface area contributed by atoms with Crippen LogP contribution in [-0.4, -0.2) is 51.1 Å². The van der Waals surface area contributed by atoms with Crippen LogP contribution in [0.3, 0.4) is 0 Å². The van der Waals surface area contributed by atoms with Crippen LogP contribution in [0.4, 0.5) is 0 Å². The van der Waals surface area contributed by atoms with Crippen LogP contribution in [-0.2, 0) is 9.84 Å². The van der Waals surface area contributed by atoms with Crippen LogP contribution < -0.4 is 4.74 Å². The third kappa shape index (κ3) is 5.12. The van der Waals surface area contributed by atoms with Gasteiger partial charge >= 0.3 is 0 Å². The van der Waals surface area contributed by atoms with Gasteiger partial charge in [0.05, 0.1) is 11.5 Å². The van der Waals surface area contributed by atoms with Gasteiger partial charge in [0.1, 0.15) is 12.4 Å². The summed E-state index contributed by atoms with van der Waals surface area (Å²) in [4.78, 5) is 2.16. The average Bonchev–Trinajstić information content (AvgIpc) is 2.51. The van der Waals surface area contributed by atoms with Crippen molar-refractivity contribution in [1.29, 1.82) is 0 Å². The molecule has 1 saturated heterocycles. The molecule has 0 spiro atoms. The van der Waals surface area contributed by atoms with E-state index in [0.717, 1.165) is 29.7 Å². The summed E-state index contributed by atoms with van der Waals surface area (Å²) in [6, 6.07) is 7.72. The van der Waals surface area contributed by atoms with Crippen LogP contribution in [0.5, 0.6) is 5.75 Å². The van der Waals surface area contributed by atoms with Crippen LogP contribution in [0.2, 0.25) is 0 Å². The van der Waals surface area contributed by atoms with Gasteiger partial charge in [-0.05, 0) is 31.2 Å². The van der Waals surface area contributed by atoms with Crippen LogP contribution in [0.15, 0.2) is 28.7 Å². The summed E-state index contributed by atoms with van der Waals surface area (Å²) < 4.78 is 29.6. The second-order valence-electron chi connectivity index (χ2n) is 4.65. The van der Waals surface area contributed by atoms with Crippen molar-refractivity contribution in [3.63, 3.8) is 0 Å². The van der Waals surface area contributed by atoms with Crippen LogP contribution in [0.1, 0.15) is 6.42 Å². The Balaban J connectivity index is 1.77. The number of hydrogen-bond acceptors (Lipinski definition) is 4. The Morgan fingerprint density at radius 3 is 2.89 bits per heavy atom. The molecule has 1 aromatic rings. The van der Waals surface area contributed by atoms with Crippen LogP contribution >= 0.6 is 15.9 Å². The fourth-order valence-corrected chi connectivity index (χ4v) is 3.75. The highest BCUT2D eigenvalue weighted by atomic mass is 79.9. The first-order valence-corrected chi connectivity index (χ1v) is 8.98. The van der Waals surface area contributed by atoms with Gasteiger partial charge in [0.15, 0.2) is 9.84 Å². The first kappa shape index (κ1) is 14.8. The van der Waals surface area contributed by atoms with E-state index in [0.29, 0.717) is 18.9 Å². The summed E-state index contributed by atoms with van der Waals surface area (Å²) >= 11 is 3.40. The zero-order chi connectivity index (χ0) is 13.7. The van der Waals surface area contributed by atoms with Crippen molar-refractivity contribution >= 4 is 25.8 Å². The zero-order valence-electron chi connectivity index (χ0n) is 10.7. The summed E-state index contributed by atoms with van der Waals surface area (Å²) in [5.41, 5.74) is 0. The molecule has 106 valence electrons. The van der Waals surface area contributed by atoms with Crippen molar-refractivity contribution in [3.8, 4) is 5.75 Å². The molecule has 0 N–H and O–H groups in total. The number of halogens is 1. The van der Waals surface area contributed by atoms with E-state index in [1.807, 2.05) is 24.3 Å². The van der Waals surface area contributed by atoms with Crippen molar-refractivity contribution in [1.82, 2.24) is 4.90 Å². The largest absolute Gasteiger partial charge is 0.492 e. The van der Waals surface area contributed by atoms with Gasteiger partial charge in [0.25, 0.3) is 0 Å². The molecule has 0 bridgehead atoms. The fraction of sp³-hybridized carbons (Fsp3) is 0.538. The minimum absolute atomic E-state index is 0.268. The summed E-state index contributed by atoms with van der Waals surface area (Å²) in [6.07, 6.45) is 0.721. The highest BCUT2D eigenvalue weighted by molar-refractivity contribution is 9.10. The Bertz CT molecular complexity index is 518. The average molecular weight is 348 g/mol. The molecule has 0 saturated carbocycles. The molecule has 2 rings (SSSR count). The molecule has 1 aromatic carbocycles. The number of hydrogen-bond donors (Lipinski definition) is 0. The van der Waals surface area contributed by atoms with E-state index in [4.69, 9.17) is 4.74 Å². The van der Waals surface area contributed by atoms with Gasteiger partial charge < -0.3 is 4.74 Å². The van der Waals surface area contributed by atoms with E-state index in [1.54, 1.807) is 0 Å². The predicted molar refractivity (Wildman–Crippen MR) is 79.3 cm³/mol. The van der Waals surface area contributed by atoms with Gasteiger partial charge in [-0.15, -0.1) is 0 Å². The van der Waals surface area contributed by atoms with Gasteiger partial charge in [0, 0.05) is 17.6 Å². The highest BCUT2D eigenvalue weighted by Crippen LogP contribution is 2.17. The molecule has 6 heteroatoms. The fourth-order valence-electron chi connectivity index (χ4n) is 2.06. The molecular weight excluding hydrogens is 330 g/mol. The van der Waals surface area contributed by atoms with Gasteiger partial charge in [0.2, 0.25) is 0 Å². The lowest BCUT2D eigenvalue weighted by Gasteiger charge is -2.19. The Labute approximate surface area is 122 Å². The summed E-state index contributed by atoms with van der Waals surface area (Å²) in [5.74, 6) is 1.41. The van der Waals surface area contributed by atoms with Crippen molar-refractivity contribution in [2.75, 3.05) is 37.7 Å². The predicted octanol–water partition coefficient (Wildman–Crippen LogP) is 1.95. The van der Waals surface area contributed by atoms with Crippen molar-refractivity contribution < 1.29 is 13.2 Å². The minimum atomic E-state index is -2.82. The quantitative estimate of drug-likeness (QED) is 0.835. The maximum absolute atomic E-state index is 11.5. The van der Waals surface area contributed by atoms with Gasteiger partial charge in [-0.1, -0.05) is 22.0 Å². The van der Waals surface area contributed by atoms with E-state index in [-0.39, 0.29) is 5.75 Å². The molecule has 0 amide bonds. The number of ether oxygens (including phenoxy) is 1. The number of sulfone groups is 1. The molecule has 19 heavy (non-hydrogen) atoms. The van der Waals surface area contributed by atoms with Crippen LogP contribution in [0, 0.1) is 0 Å². The first-order valence-electron chi connectivity index (χ1n) is 6.36. The lowest BCUT2D eigenvalue weighted by atomic mass is 10.3. The molecule has 0 unspecified atom stereocenters. The summed E-state index contributed by atoms with van der Waals surface area (Å²) in [6.45, 7) is 2.80. The molecule has 1 aliphatic heterocycles. The number of nitrogens with zero attached hydrogens (tertiary/aromatic N) is 1. The molecule has 1 aliphatic rings. The molecular formula is C13H18BrNO3S. The summed E-state index contributed by atoms with van der Waals surface area (Å²) in [7, 11) is -2.82. The Morgan fingerprint density at radius 2 is 2.11 bits per heavy atom. The van der Waals surface area contributed by atoms with Crippen molar-refractivity contribution in [2.45, 2.75) is 6.42 Å². The van der Waals surface area contributed by atoms with Crippen molar-refractivity contribution in [3.05, 3.63) is 28.7 Å². The maximum Gasteiger partial charge on any atom is 0.151 e. The second-order valence-corrected chi connectivity index (χ2v) is 7.87. The van der Waals surface area contributed by atoms with E-state index >= 15 is 0 Å². The van der Waals surface area contributed by atoms with Gasteiger partial charge in [-0.3, -0.25) is 4.90 Å². The monoisotopic (exact) mass is 347 g/mol. The topological polar surface area (TPSA) is 46.6 Å². The van der Waals surface area contributed by atoms with E-state index in [1.165, 1.54) is 0 Å². The molecule has 0 aliphatic carbocycles. The SMILES string of the molecule is O=S1(=O)CCCN(CCOc2cccc(Br)c2)CC1. The zero-order valence-corrected chi connectivity index (χ0v) is 13.1. The summed E-state index contributed by atoms with van der Waals surface area (Å²) in [5, 5.41) is 0. The lowest BCUT2D eigenvalue weighted by Crippen LogP contribution is -2.31. The second kappa shape index (κ2) is 6.72. The third-order valence-corrected chi connectivity index (χ3v) is 5.33. The highest BCUT2D eigenvalue weighted by Gasteiger charge is 2.18. The molecule has 1 fully saturated rings. The molecule has 0 atom stereocenters. The molecule has 0 aromatic heterocycles. The van der Waals surface area contributed by atoms with E-state index in [2.05, 4.69) is 20.8 Å². The van der Waals surface area contributed by atoms with E-state index < -0.39 is 9.84 Å². The van der Waals surface area contributed by atoms with Gasteiger partial charge in [-0.25, -0.2) is 8.42 Å². The maximum atomic E-state index is 11.5. The lowest BCUT2D eigenvalue weighted by molar-refractivity contribution is 0.219. The normalized spacial score (nSPS) is 19.8. The molecule has 0 radical (unpaired) electrons. The van der Waals surface area contributed by atoms with Gasteiger partial charge in [-0.2, -0.15) is 0 Å². The third-order valence-electron chi connectivity index (χ3n) is 3.12. The standard InChI is InChI=1S/C13H18BrNO3S/c14-12-3-1-4-13(11-12)18-8-6-15-5-2-9-19(16,17)10-7-15/h1,3-4,11H,2,5-10H2. The molecule has 1 heterocycles. The smallest absolute Gasteiger partial charge is 0.151 e.